The monoisotopic (exact) mass is 277 g/mol. The van der Waals surface area contributed by atoms with Crippen LogP contribution in [-0.2, 0) is 6.42 Å². The van der Waals surface area contributed by atoms with E-state index in [1.807, 2.05) is 30.3 Å². The first-order valence-electron chi connectivity index (χ1n) is 7.22. The summed E-state index contributed by atoms with van der Waals surface area (Å²) in [6, 6.07) is 16.4. The van der Waals surface area contributed by atoms with Gasteiger partial charge in [0.1, 0.15) is 0 Å². The van der Waals surface area contributed by atoms with Gasteiger partial charge in [-0.3, -0.25) is 4.98 Å². The fraction of sp³-hybridized carbons (Fsp3) is 0.211. The lowest BCUT2D eigenvalue weighted by Crippen LogP contribution is -2.04. The molecular weight excluding hydrogens is 258 g/mol. The van der Waals surface area contributed by atoms with Crippen LogP contribution in [0.15, 0.2) is 54.7 Å². The van der Waals surface area contributed by atoms with Crippen LogP contribution < -0.4 is 0 Å². The van der Waals surface area contributed by atoms with Gasteiger partial charge in [-0.15, -0.1) is 0 Å². The molecule has 0 radical (unpaired) electrons. The Morgan fingerprint density at radius 1 is 1.05 bits per heavy atom. The lowest BCUT2D eigenvalue weighted by molar-refractivity contribution is 0.178. The van der Waals surface area contributed by atoms with Crippen LogP contribution in [0.3, 0.4) is 0 Å². The number of aliphatic hydroxyl groups excluding tert-OH is 1. The van der Waals surface area contributed by atoms with E-state index in [1.165, 1.54) is 16.7 Å². The molecule has 0 bridgehead atoms. The molecule has 1 unspecified atom stereocenters. The van der Waals surface area contributed by atoms with Gasteiger partial charge >= 0.3 is 0 Å². The second-order valence-corrected chi connectivity index (χ2v) is 5.61. The summed E-state index contributed by atoms with van der Waals surface area (Å²) < 4.78 is 0. The number of nitrogens with zero attached hydrogens (tertiary/aromatic N) is 1. The molecule has 1 aromatic heterocycles. The van der Waals surface area contributed by atoms with Gasteiger partial charge in [0.15, 0.2) is 0 Å². The van der Waals surface area contributed by atoms with Crippen LogP contribution in [0.4, 0.5) is 0 Å². The molecule has 0 saturated heterocycles. The molecule has 0 amide bonds. The maximum Gasteiger partial charge on any atom is 0.0845 e. The largest absolute Gasteiger partial charge is 0.388 e. The summed E-state index contributed by atoms with van der Waals surface area (Å²) in [7, 11) is 0. The van der Waals surface area contributed by atoms with Crippen molar-refractivity contribution < 1.29 is 5.11 Å². The molecule has 0 spiro atoms. The number of rotatable bonds is 3. The Balaban J connectivity index is 1.89. The quantitative estimate of drug-likeness (QED) is 0.781. The highest BCUT2D eigenvalue weighted by Crippen LogP contribution is 2.23. The molecule has 0 aliphatic rings. The summed E-state index contributed by atoms with van der Waals surface area (Å²) in [5.41, 5.74) is 5.46. The second kappa shape index (κ2) is 5.66. The molecule has 0 aliphatic heterocycles. The van der Waals surface area contributed by atoms with Gasteiger partial charge < -0.3 is 5.11 Å². The van der Waals surface area contributed by atoms with Gasteiger partial charge in [-0.25, -0.2) is 0 Å². The maximum atomic E-state index is 10.5. The Labute approximate surface area is 125 Å². The average Bonchev–Trinajstić information content (AvgIpc) is 2.50. The standard InChI is InChI=1S/C19H19NO/c1-13-7-8-14(2)16(9-13)11-19(21)17-10-15-5-3-4-6-18(15)20-12-17/h3-10,12,19,21H,11H2,1-2H3. The molecule has 2 heteroatoms. The number of hydrogen-bond donors (Lipinski definition) is 1. The van der Waals surface area contributed by atoms with Crippen LogP contribution in [0.1, 0.15) is 28.4 Å². The summed E-state index contributed by atoms with van der Waals surface area (Å²) >= 11 is 0. The highest BCUT2D eigenvalue weighted by atomic mass is 16.3. The van der Waals surface area contributed by atoms with Crippen molar-refractivity contribution in [1.29, 1.82) is 0 Å². The van der Waals surface area contributed by atoms with Crippen molar-refractivity contribution in [3.63, 3.8) is 0 Å². The van der Waals surface area contributed by atoms with Crippen molar-refractivity contribution in [2.75, 3.05) is 0 Å². The molecular formula is C19H19NO. The van der Waals surface area contributed by atoms with Crippen LogP contribution >= 0.6 is 0 Å². The van der Waals surface area contributed by atoms with Crippen molar-refractivity contribution >= 4 is 10.9 Å². The fourth-order valence-corrected chi connectivity index (χ4v) is 2.62. The summed E-state index contributed by atoms with van der Waals surface area (Å²) in [4.78, 5) is 4.42. The van der Waals surface area contributed by atoms with E-state index in [9.17, 15) is 5.11 Å². The molecule has 21 heavy (non-hydrogen) atoms. The SMILES string of the molecule is Cc1ccc(C)c(CC(O)c2cnc3ccccc3c2)c1. The van der Waals surface area contributed by atoms with Gasteiger partial charge in [0.2, 0.25) is 0 Å². The second-order valence-electron chi connectivity index (χ2n) is 5.61. The summed E-state index contributed by atoms with van der Waals surface area (Å²) in [5.74, 6) is 0. The van der Waals surface area contributed by atoms with E-state index < -0.39 is 6.10 Å². The maximum absolute atomic E-state index is 10.5. The van der Waals surface area contributed by atoms with Gasteiger partial charge in [-0.05, 0) is 42.7 Å². The van der Waals surface area contributed by atoms with Crippen molar-refractivity contribution in [3.8, 4) is 0 Å². The van der Waals surface area contributed by atoms with Gasteiger partial charge in [0.05, 0.1) is 11.6 Å². The Morgan fingerprint density at radius 2 is 1.86 bits per heavy atom. The van der Waals surface area contributed by atoms with Crippen LogP contribution in [0.5, 0.6) is 0 Å². The van der Waals surface area contributed by atoms with Crippen LogP contribution in [0, 0.1) is 13.8 Å². The van der Waals surface area contributed by atoms with E-state index in [0.29, 0.717) is 6.42 Å². The number of pyridine rings is 1. The van der Waals surface area contributed by atoms with E-state index >= 15 is 0 Å². The minimum absolute atomic E-state index is 0.525. The van der Waals surface area contributed by atoms with E-state index in [-0.39, 0.29) is 0 Å². The third-order valence-corrected chi connectivity index (χ3v) is 3.91. The number of aryl methyl sites for hydroxylation is 2. The normalized spacial score (nSPS) is 12.5. The Hall–Kier alpha value is -2.19. The van der Waals surface area contributed by atoms with Crippen LogP contribution in [-0.4, -0.2) is 10.1 Å². The zero-order chi connectivity index (χ0) is 14.8. The smallest absolute Gasteiger partial charge is 0.0845 e. The molecule has 0 saturated carbocycles. The first-order valence-corrected chi connectivity index (χ1v) is 7.22. The number of para-hydroxylation sites is 1. The van der Waals surface area contributed by atoms with E-state index in [2.05, 4.69) is 37.0 Å². The third-order valence-electron chi connectivity index (χ3n) is 3.91. The summed E-state index contributed by atoms with van der Waals surface area (Å²) in [6.07, 6.45) is 1.87. The highest BCUT2D eigenvalue weighted by molar-refractivity contribution is 5.78. The molecule has 1 N–H and O–H groups in total. The van der Waals surface area contributed by atoms with Crippen LogP contribution in [0.25, 0.3) is 10.9 Å². The molecule has 1 atom stereocenters. The molecule has 2 nitrogen and oxygen atoms in total. The molecule has 2 aromatic carbocycles. The first kappa shape index (κ1) is 13.8. The minimum Gasteiger partial charge on any atom is -0.388 e. The lowest BCUT2D eigenvalue weighted by Gasteiger charge is -2.14. The van der Waals surface area contributed by atoms with E-state index in [1.54, 1.807) is 6.20 Å². The molecule has 3 rings (SSSR count). The predicted molar refractivity (Wildman–Crippen MR) is 86.3 cm³/mol. The van der Waals surface area contributed by atoms with Crippen LogP contribution in [0.2, 0.25) is 0 Å². The first-order chi connectivity index (χ1) is 10.1. The zero-order valence-electron chi connectivity index (χ0n) is 12.4. The van der Waals surface area contributed by atoms with E-state index in [0.717, 1.165) is 16.5 Å². The average molecular weight is 277 g/mol. The molecule has 106 valence electrons. The van der Waals surface area contributed by atoms with Gasteiger partial charge in [0, 0.05) is 18.0 Å². The number of aliphatic hydroxyl groups is 1. The summed E-state index contributed by atoms with van der Waals surface area (Å²) in [5, 5.41) is 11.6. The Kier molecular flexibility index (Phi) is 3.72. The number of aromatic nitrogens is 1. The Morgan fingerprint density at radius 3 is 2.71 bits per heavy atom. The fourth-order valence-electron chi connectivity index (χ4n) is 2.62. The van der Waals surface area contributed by atoms with Crippen molar-refractivity contribution in [2.45, 2.75) is 26.4 Å². The molecule has 1 heterocycles. The van der Waals surface area contributed by atoms with Gasteiger partial charge in [-0.2, -0.15) is 0 Å². The number of fused-ring (bicyclic) bond motifs is 1. The van der Waals surface area contributed by atoms with Gasteiger partial charge in [-0.1, -0.05) is 42.0 Å². The lowest BCUT2D eigenvalue weighted by atomic mass is 9.97. The highest BCUT2D eigenvalue weighted by Gasteiger charge is 2.11. The molecule has 0 fully saturated rings. The van der Waals surface area contributed by atoms with Gasteiger partial charge in [0.25, 0.3) is 0 Å². The molecule has 3 aromatic rings. The topological polar surface area (TPSA) is 33.1 Å². The van der Waals surface area contributed by atoms with Crippen molar-refractivity contribution in [3.05, 3.63) is 77.0 Å². The Bertz CT molecular complexity index is 779. The minimum atomic E-state index is -0.525. The predicted octanol–water partition coefficient (Wildman–Crippen LogP) is 4.13. The zero-order valence-corrected chi connectivity index (χ0v) is 12.4. The number of benzene rings is 2. The van der Waals surface area contributed by atoms with Crippen molar-refractivity contribution in [2.24, 2.45) is 0 Å². The van der Waals surface area contributed by atoms with E-state index in [4.69, 9.17) is 0 Å². The number of hydrogen-bond acceptors (Lipinski definition) is 2. The molecule has 0 aliphatic carbocycles. The van der Waals surface area contributed by atoms with Crippen molar-refractivity contribution in [1.82, 2.24) is 4.98 Å². The summed E-state index contributed by atoms with van der Waals surface area (Å²) in [6.45, 7) is 4.16. The third kappa shape index (κ3) is 2.96.